The summed E-state index contributed by atoms with van der Waals surface area (Å²) in [4.78, 5) is 11.2. The summed E-state index contributed by atoms with van der Waals surface area (Å²) in [6.45, 7) is 0. The van der Waals surface area contributed by atoms with Crippen LogP contribution in [0.4, 0.5) is 4.79 Å². The Balaban J connectivity index is 0. The van der Waals surface area contributed by atoms with Gasteiger partial charge in [-0.05, 0) is 0 Å². The molecular weight excluding hydrogens is 135 g/mol. The number of carboxylic acid groups (broad SMARTS) is 1. The molecule has 1 radical (unpaired) electrons. The maximum Gasteiger partial charge on any atom is 2.00 e. The van der Waals surface area contributed by atoms with Crippen molar-refractivity contribution in [2.24, 2.45) is 0 Å². The Morgan fingerprint density at radius 3 is 2.00 bits per heavy atom. The number of rotatable bonds is 0. The molecule has 0 heterocycles. The molecule has 6 heavy (non-hydrogen) atoms. The van der Waals surface area contributed by atoms with Crippen LogP contribution in [0.3, 0.4) is 0 Å². The molecule has 0 spiro atoms. The van der Waals surface area contributed by atoms with Crippen LogP contribution in [-0.2, 0) is 21.7 Å². The summed E-state index contributed by atoms with van der Waals surface area (Å²) in [6, 6.07) is 0. The minimum absolute atomic E-state index is 0. The van der Waals surface area contributed by atoms with Gasteiger partial charge in [0.25, 0.3) is 0 Å². The Morgan fingerprint density at radius 1 is 1.83 bits per heavy atom. The second-order valence-corrected chi connectivity index (χ2v) is 0.349. The van der Waals surface area contributed by atoms with Crippen molar-refractivity contribution in [3.63, 3.8) is 0 Å². The molecule has 0 fully saturated rings. The van der Waals surface area contributed by atoms with E-state index < -0.39 is 6.16 Å². The number of hydrogen-bond acceptors (Lipinski definition) is 3. The maximum absolute atomic E-state index is 8.83. The Bertz CT molecular complexity index is 42.8. The SMILES string of the molecule is O=C(O)O[O-].[Co+2]. The Morgan fingerprint density at radius 2 is 2.00 bits per heavy atom. The van der Waals surface area contributed by atoms with E-state index in [1.165, 1.54) is 0 Å². The van der Waals surface area contributed by atoms with E-state index in [0.717, 1.165) is 0 Å². The van der Waals surface area contributed by atoms with Crippen LogP contribution in [0, 0.1) is 0 Å². The van der Waals surface area contributed by atoms with Gasteiger partial charge in [0.15, 0.2) is 0 Å². The van der Waals surface area contributed by atoms with Gasteiger partial charge in [-0.25, -0.2) is 4.79 Å². The van der Waals surface area contributed by atoms with Gasteiger partial charge in [-0.3, -0.25) is 0 Å². The van der Waals surface area contributed by atoms with Gasteiger partial charge in [-0.2, -0.15) is 0 Å². The summed E-state index contributed by atoms with van der Waals surface area (Å²) >= 11 is 0. The molecule has 0 aliphatic heterocycles. The van der Waals surface area contributed by atoms with Crippen LogP contribution in [0.15, 0.2) is 0 Å². The molecule has 5 heteroatoms. The fraction of sp³-hybridized carbons (Fsp3) is 0. The molecule has 0 aromatic carbocycles. The van der Waals surface area contributed by atoms with E-state index in [-0.39, 0.29) is 16.8 Å². The number of carbonyl (C=O) groups is 1. The molecule has 0 aliphatic rings. The molecule has 0 atom stereocenters. The van der Waals surface area contributed by atoms with Crippen molar-refractivity contribution >= 4 is 6.16 Å². The first-order chi connectivity index (χ1) is 2.27. The molecule has 0 saturated carbocycles. The normalized spacial score (nSPS) is 5.50. The first kappa shape index (κ1) is 9.22. The van der Waals surface area contributed by atoms with Crippen LogP contribution in [0.5, 0.6) is 0 Å². The maximum atomic E-state index is 8.83. The molecule has 0 amide bonds. The topological polar surface area (TPSA) is 69.6 Å². The van der Waals surface area contributed by atoms with Crippen LogP contribution in [-0.4, -0.2) is 11.3 Å². The van der Waals surface area contributed by atoms with E-state index in [0.29, 0.717) is 0 Å². The van der Waals surface area contributed by atoms with E-state index in [1.807, 2.05) is 0 Å². The predicted molar refractivity (Wildman–Crippen MR) is 9.11 cm³/mol. The van der Waals surface area contributed by atoms with Crippen LogP contribution in [0.25, 0.3) is 0 Å². The molecule has 0 saturated heterocycles. The molecular formula is CHCoO4+. The van der Waals surface area contributed by atoms with E-state index in [2.05, 4.69) is 4.89 Å². The smallest absolute Gasteiger partial charge is 0.659 e. The zero-order valence-electron chi connectivity index (χ0n) is 2.51. The Kier molecular flexibility index (Phi) is 7.28. The van der Waals surface area contributed by atoms with Crippen molar-refractivity contribution in [1.29, 1.82) is 0 Å². The largest absolute Gasteiger partial charge is 2.00 e. The van der Waals surface area contributed by atoms with Gasteiger partial charge >= 0.3 is 22.9 Å². The molecule has 37 valence electrons. The number of hydrogen-bond donors (Lipinski definition) is 1. The van der Waals surface area contributed by atoms with Crippen molar-refractivity contribution < 1.29 is 36.8 Å². The van der Waals surface area contributed by atoms with Gasteiger partial charge in [0.2, 0.25) is 0 Å². The first-order valence-corrected chi connectivity index (χ1v) is 0.799. The molecule has 0 aliphatic carbocycles. The van der Waals surface area contributed by atoms with E-state index >= 15 is 0 Å². The average molecular weight is 136 g/mol. The van der Waals surface area contributed by atoms with Gasteiger partial charge in [-0.15, -0.1) is 0 Å². The van der Waals surface area contributed by atoms with Crippen molar-refractivity contribution in [2.45, 2.75) is 0 Å². The van der Waals surface area contributed by atoms with Crippen LogP contribution in [0.2, 0.25) is 0 Å². The van der Waals surface area contributed by atoms with E-state index in [1.54, 1.807) is 0 Å². The van der Waals surface area contributed by atoms with Crippen LogP contribution < -0.4 is 5.26 Å². The van der Waals surface area contributed by atoms with Crippen LogP contribution >= 0.6 is 0 Å². The van der Waals surface area contributed by atoms with Gasteiger partial charge < -0.3 is 15.3 Å². The van der Waals surface area contributed by atoms with Crippen LogP contribution in [0.1, 0.15) is 0 Å². The molecule has 4 nitrogen and oxygen atoms in total. The summed E-state index contributed by atoms with van der Waals surface area (Å²) in [5, 5.41) is 15.7. The summed E-state index contributed by atoms with van der Waals surface area (Å²) in [7, 11) is 0. The minimum Gasteiger partial charge on any atom is -0.659 e. The molecule has 0 aromatic rings. The Labute approximate surface area is 43.9 Å². The summed E-state index contributed by atoms with van der Waals surface area (Å²) in [5.41, 5.74) is 0. The van der Waals surface area contributed by atoms with Crippen molar-refractivity contribution in [3.8, 4) is 0 Å². The zero-order valence-corrected chi connectivity index (χ0v) is 3.55. The summed E-state index contributed by atoms with van der Waals surface area (Å²) in [5.74, 6) is 0. The third-order valence-electron chi connectivity index (χ3n) is 0.0713. The van der Waals surface area contributed by atoms with E-state index in [9.17, 15) is 0 Å². The molecule has 0 aromatic heterocycles. The summed E-state index contributed by atoms with van der Waals surface area (Å²) in [6.07, 6.45) is -1.80. The zero-order chi connectivity index (χ0) is 4.28. The second kappa shape index (κ2) is 4.74. The Hall–Kier alpha value is -0.264. The minimum atomic E-state index is -1.80. The first-order valence-electron chi connectivity index (χ1n) is 0.799. The molecule has 0 rings (SSSR count). The molecule has 1 N–H and O–H groups in total. The second-order valence-electron chi connectivity index (χ2n) is 0.349. The van der Waals surface area contributed by atoms with Gasteiger partial charge in [-0.1, -0.05) is 0 Å². The van der Waals surface area contributed by atoms with Gasteiger partial charge in [0, 0.05) is 0 Å². The fourth-order valence-corrected chi connectivity index (χ4v) is 0. The van der Waals surface area contributed by atoms with Crippen molar-refractivity contribution in [2.75, 3.05) is 0 Å². The molecule has 0 bridgehead atoms. The third kappa shape index (κ3) is 9.28. The monoisotopic (exact) mass is 136 g/mol. The average Bonchev–Trinajstić information content (AvgIpc) is 1.38. The fourth-order valence-electron chi connectivity index (χ4n) is 0. The van der Waals surface area contributed by atoms with Crippen molar-refractivity contribution in [3.05, 3.63) is 0 Å². The predicted octanol–water partition coefficient (Wildman–Crippen LogP) is -1.05. The molecule has 0 unspecified atom stereocenters. The van der Waals surface area contributed by atoms with Crippen molar-refractivity contribution in [1.82, 2.24) is 0 Å². The van der Waals surface area contributed by atoms with E-state index in [4.69, 9.17) is 15.2 Å². The van der Waals surface area contributed by atoms with Gasteiger partial charge in [0.1, 0.15) is 0 Å². The standard InChI is InChI=1S/CH2O4.Co/c2-1(3)5-4;/h4H,(H,2,3);/q;+2/p-1. The third-order valence-corrected chi connectivity index (χ3v) is 0.0713. The van der Waals surface area contributed by atoms with Gasteiger partial charge in [0.05, 0.1) is 0 Å². The quantitative estimate of drug-likeness (QED) is 0.340. The summed E-state index contributed by atoms with van der Waals surface area (Å²) < 4.78 is 0.